The normalized spacial score (nSPS) is 17.0. The van der Waals surface area contributed by atoms with E-state index < -0.39 is 11.3 Å². The fourth-order valence-electron chi connectivity index (χ4n) is 2.50. The van der Waals surface area contributed by atoms with E-state index >= 15 is 0 Å². The number of carbonyl (C=O) groups is 3. The van der Waals surface area contributed by atoms with Crippen molar-refractivity contribution in [3.63, 3.8) is 0 Å². The smallest absolute Gasteiger partial charge is 0.335 e. The lowest BCUT2D eigenvalue weighted by molar-refractivity contribution is -0.126. The molecule has 7 heteroatoms. The Morgan fingerprint density at radius 3 is 2.56 bits per heavy atom. The molecule has 2 aromatic rings. The van der Waals surface area contributed by atoms with Crippen molar-refractivity contribution in [3.05, 3.63) is 65.2 Å². The zero-order chi connectivity index (χ0) is 18.0. The van der Waals surface area contributed by atoms with Crippen LogP contribution in [0.25, 0.3) is 0 Å². The van der Waals surface area contributed by atoms with Gasteiger partial charge in [-0.3, -0.25) is 14.5 Å². The number of imide groups is 1. The first-order chi connectivity index (χ1) is 11.9. The van der Waals surface area contributed by atoms with Crippen molar-refractivity contribution in [2.75, 3.05) is 5.32 Å². The van der Waals surface area contributed by atoms with Crippen LogP contribution in [-0.4, -0.2) is 32.5 Å². The van der Waals surface area contributed by atoms with Gasteiger partial charge in [0.15, 0.2) is 5.37 Å². The van der Waals surface area contributed by atoms with Gasteiger partial charge >= 0.3 is 5.97 Å². The average Bonchev–Trinajstić information content (AvgIpc) is 2.83. The average molecular weight is 356 g/mol. The van der Waals surface area contributed by atoms with Crippen LogP contribution in [0.5, 0.6) is 0 Å². The Morgan fingerprint density at radius 1 is 1.20 bits per heavy atom. The third-order valence-corrected chi connectivity index (χ3v) is 4.76. The molecule has 1 aliphatic rings. The molecule has 0 bridgehead atoms. The minimum Gasteiger partial charge on any atom is -0.478 e. The van der Waals surface area contributed by atoms with Crippen molar-refractivity contribution in [2.24, 2.45) is 0 Å². The molecule has 0 radical (unpaired) electrons. The van der Waals surface area contributed by atoms with Gasteiger partial charge < -0.3 is 10.4 Å². The fourth-order valence-corrected chi connectivity index (χ4v) is 3.41. The largest absolute Gasteiger partial charge is 0.478 e. The first-order valence-corrected chi connectivity index (χ1v) is 8.49. The molecule has 1 aliphatic heterocycles. The number of hydrogen-bond acceptors (Lipinski definition) is 5. The van der Waals surface area contributed by atoms with E-state index in [-0.39, 0.29) is 23.3 Å². The molecular formula is C18H16N2O4S. The van der Waals surface area contributed by atoms with E-state index in [0.29, 0.717) is 5.56 Å². The minimum absolute atomic E-state index is 0.122. The van der Waals surface area contributed by atoms with Gasteiger partial charge in [0.25, 0.3) is 11.1 Å². The second kappa shape index (κ2) is 6.98. The summed E-state index contributed by atoms with van der Waals surface area (Å²) in [6.45, 7) is 2.07. The first-order valence-electron chi connectivity index (χ1n) is 7.61. The summed E-state index contributed by atoms with van der Waals surface area (Å²) in [5.41, 5.74) is 2.70. The lowest BCUT2D eigenvalue weighted by Gasteiger charge is -2.15. The van der Waals surface area contributed by atoms with Crippen molar-refractivity contribution >= 4 is 34.6 Å². The molecule has 6 nitrogen and oxygen atoms in total. The number of benzene rings is 2. The van der Waals surface area contributed by atoms with Crippen LogP contribution in [0, 0.1) is 6.92 Å². The van der Waals surface area contributed by atoms with Gasteiger partial charge in [0, 0.05) is 5.69 Å². The topological polar surface area (TPSA) is 86.7 Å². The quantitative estimate of drug-likeness (QED) is 0.855. The highest BCUT2D eigenvalue weighted by atomic mass is 32.2. The van der Waals surface area contributed by atoms with E-state index in [1.54, 1.807) is 12.1 Å². The molecule has 0 aromatic heterocycles. The van der Waals surface area contributed by atoms with Gasteiger partial charge in [0.2, 0.25) is 0 Å². The highest BCUT2D eigenvalue weighted by Crippen LogP contribution is 2.29. The molecule has 1 saturated heterocycles. The molecule has 25 heavy (non-hydrogen) atoms. The Labute approximate surface area is 148 Å². The van der Waals surface area contributed by atoms with Crippen molar-refractivity contribution in [1.82, 2.24) is 4.90 Å². The molecule has 2 aromatic carbocycles. The third-order valence-electron chi connectivity index (χ3n) is 3.79. The number of amides is 2. The minimum atomic E-state index is -1.02. The summed E-state index contributed by atoms with van der Waals surface area (Å²) in [6, 6.07) is 13.7. The van der Waals surface area contributed by atoms with Crippen LogP contribution in [0.3, 0.4) is 0 Å². The maximum atomic E-state index is 12.5. The van der Waals surface area contributed by atoms with Crippen LogP contribution in [-0.2, 0) is 11.3 Å². The van der Waals surface area contributed by atoms with E-state index in [0.717, 1.165) is 23.0 Å². The van der Waals surface area contributed by atoms with E-state index in [1.165, 1.54) is 17.0 Å². The molecule has 0 unspecified atom stereocenters. The number of rotatable bonds is 5. The Morgan fingerprint density at radius 2 is 1.92 bits per heavy atom. The molecule has 0 aliphatic carbocycles. The van der Waals surface area contributed by atoms with Crippen LogP contribution < -0.4 is 5.32 Å². The number of anilines is 1. The number of carboxylic acid groups (broad SMARTS) is 1. The Hall–Kier alpha value is -2.80. The second-order valence-electron chi connectivity index (χ2n) is 5.70. The van der Waals surface area contributed by atoms with Gasteiger partial charge in [-0.1, -0.05) is 24.3 Å². The molecule has 2 amide bonds. The third kappa shape index (κ3) is 3.83. The molecule has 2 N–H and O–H groups in total. The Bertz CT molecular complexity index is 835. The number of aryl methyl sites for hydroxylation is 1. The van der Waals surface area contributed by atoms with E-state index in [1.807, 2.05) is 31.2 Å². The number of hydrogen-bond donors (Lipinski definition) is 2. The predicted octanol–water partition coefficient (Wildman–Crippen LogP) is 3.33. The number of carboxylic acids is 1. The predicted molar refractivity (Wildman–Crippen MR) is 95.5 cm³/mol. The van der Waals surface area contributed by atoms with Crippen LogP contribution in [0.4, 0.5) is 10.5 Å². The number of nitrogens with one attached hydrogen (secondary N) is 1. The van der Waals surface area contributed by atoms with Crippen LogP contribution in [0.15, 0.2) is 48.5 Å². The van der Waals surface area contributed by atoms with Crippen molar-refractivity contribution < 1.29 is 19.5 Å². The first kappa shape index (κ1) is 17.0. The van der Waals surface area contributed by atoms with Crippen LogP contribution in [0.2, 0.25) is 0 Å². The lowest BCUT2D eigenvalue weighted by atomic mass is 10.1. The number of carbonyl (C=O) groups excluding carboxylic acids is 2. The highest BCUT2D eigenvalue weighted by Gasteiger charge is 2.39. The molecule has 0 spiro atoms. The molecule has 3 rings (SSSR count). The molecule has 128 valence electrons. The molecule has 1 fully saturated rings. The maximum absolute atomic E-state index is 12.5. The van der Waals surface area contributed by atoms with Gasteiger partial charge in [-0.25, -0.2) is 4.79 Å². The lowest BCUT2D eigenvalue weighted by Crippen LogP contribution is -2.33. The number of nitrogens with zero attached hydrogens (tertiary/aromatic N) is 1. The van der Waals surface area contributed by atoms with Crippen molar-refractivity contribution in [2.45, 2.75) is 18.8 Å². The van der Waals surface area contributed by atoms with E-state index in [4.69, 9.17) is 5.11 Å². The Balaban J connectivity index is 1.69. The number of aromatic carboxylic acids is 1. The maximum Gasteiger partial charge on any atom is 0.335 e. The SMILES string of the molecule is Cc1cccc(N[C@H]2SC(=O)N(Cc3ccc(C(=O)O)cc3)C2=O)c1. The summed E-state index contributed by atoms with van der Waals surface area (Å²) in [7, 11) is 0. The zero-order valence-electron chi connectivity index (χ0n) is 13.4. The summed E-state index contributed by atoms with van der Waals surface area (Å²) in [5, 5.41) is 11.0. The molecule has 1 heterocycles. The van der Waals surface area contributed by atoms with Crippen molar-refractivity contribution in [1.29, 1.82) is 0 Å². The molecule has 1 atom stereocenters. The summed E-state index contributed by atoms with van der Waals surface area (Å²) in [4.78, 5) is 36.7. The Kier molecular flexibility index (Phi) is 4.76. The highest BCUT2D eigenvalue weighted by molar-refractivity contribution is 8.15. The zero-order valence-corrected chi connectivity index (χ0v) is 14.2. The monoisotopic (exact) mass is 356 g/mol. The number of thioether (sulfide) groups is 1. The van der Waals surface area contributed by atoms with Gasteiger partial charge in [-0.2, -0.15) is 0 Å². The van der Waals surface area contributed by atoms with Gasteiger partial charge in [-0.15, -0.1) is 0 Å². The molecule has 0 saturated carbocycles. The fraction of sp³-hybridized carbons (Fsp3) is 0.167. The summed E-state index contributed by atoms with van der Waals surface area (Å²) < 4.78 is 0. The van der Waals surface area contributed by atoms with Gasteiger partial charge in [0.05, 0.1) is 12.1 Å². The van der Waals surface area contributed by atoms with E-state index in [2.05, 4.69) is 5.32 Å². The summed E-state index contributed by atoms with van der Waals surface area (Å²) in [5.74, 6) is -1.32. The standard InChI is InChI=1S/C18H16N2O4S/c1-11-3-2-4-14(9-11)19-15-16(21)20(18(24)25-15)10-12-5-7-13(8-6-12)17(22)23/h2-9,15,19H,10H2,1H3,(H,22,23)/t15-/m0/s1. The summed E-state index contributed by atoms with van der Waals surface area (Å²) >= 11 is 0.942. The second-order valence-corrected chi connectivity index (χ2v) is 6.76. The van der Waals surface area contributed by atoms with Gasteiger partial charge in [-0.05, 0) is 54.1 Å². The van der Waals surface area contributed by atoms with Crippen molar-refractivity contribution in [3.8, 4) is 0 Å². The summed E-state index contributed by atoms with van der Waals surface area (Å²) in [6.07, 6.45) is 0. The van der Waals surface area contributed by atoms with E-state index in [9.17, 15) is 14.4 Å². The molecular weight excluding hydrogens is 340 g/mol. The van der Waals surface area contributed by atoms with Crippen LogP contribution >= 0.6 is 11.8 Å². The van der Waals surface area contributed by atoms with Crippen LogP contribution in [0.1, 0.15) is 21.5 Å². The van der Waals surface area contributed by atoms with Gasteiger partial charge in [0.1, 0.15) is 0 Å².